The lowest BCUT2D eigenvalue weighted by molar-refractivity contribution is -0.134. The highest BCUT2D eigenvalue weighted by Gasteiger charge is 2.24. The Balaban J connectivity index is 1.59. The summed E-state index contributed by atoms with van der Waals surface area (Å²) in [6.07, 6.45) is 5.96. The lowest BCUT2D eigenvalue weighted by atomic mass is 9.92. The van der Waals surface area contributed by atoms with Crippen molar-refractivity contribution in [2.24, 2.45) is 0 Å². The first kappa shape index (κ1) is 22.5. The van der Waals surface area contributed by atoms with Gasteiger partial charge in [0, 0.05) is 36.5 Å². The van der Waals surface area contributed by atoms with Crippen LogP contribution in [-0.4, -0.2) is 31.1 Å². The second kappa shape index (κ2) is 9.42. The van der Waals surface area contributed by atoms with Gasteiger partial charge in [-0.25, -0.2) is 8.42 Å². The predicted octanol–water partition coefficient (Wildman–Crippen LogP) is 5.17. The number of benzene rings is 2. The average molecular weight is 461 g/mol. The first-order chi connectivity index (χ1) is 15.9. The minimum atomic E-state index is -3.37. The van der Waals surface area contributed by atoms with Crippen molar-refractivity contribution >= 4 is 16.3 Å². The molecule has 2 aromatic carbocycles. The summed E-state index contributed by atoms with van der Waals surface area (Å²) in [4.78, 5) is 18.8. The second-order valence-corrected chi connectivity index (χ2v) is 9.96. The van der Waals surface area contributed by atoms with Gasteiger partial charge in [0.05, 0.1) is 4.90 Å². The molecule has 2 atom stereocenters. The SMILES string of the molecule is CC(c1c[nH]c(-c2ccc(-c3ccncc3)cc2)c1)C(OC=O)c1cccc(S(C)(=O)=O)c1. The minimum Gasteiger partial charge on any atom is -0.459 e. The molecule has 0 aliphatic carbocycles. The lowest BCUT2D eigenvalue weighted by Crippen LogP contribution is -2.12. The first-order valence-corrected chi connectivity index (χ1v) is 12.3. The number of aromatic amines is 1. The fraction of sp³-hybridized carbons (Fsp3) is 0.154. The maximum atomic E-state index is 12.0. The number of hydrogen-bond donors (Lipinski definition) is 1. The van der Waals surface area contributed by atoms with E-state index in [0.29, 0.717) is 12.0 Å². The molecular formula is C26H24N2O4S. The Morgan fingerprint density at radius 3 is 2.24 bits per heavy atom. The van der Waals surface area contributed by atoms with Crippen LogP contribution in [0.5, 0.6) is 0 Å². The molecule has 2 unspecified atom stereocenters. The minimum absolute atomic E-state index is 0.191. The fourth-order valence-electron chi connectivity index (χ4n) is 3.87. The van der Waals surface area contributed by atoms with Crippen LogP contribution in [0.15, 0.2) is 90.2 Å². The van der Waals surface area contributed by atoms with Gasteiger partial charge in [-0.3, -0.25) is 9.78 Å². The number of hydrogen-bond acceptors (Lipinski definition) is 5. The molecule has 0 saturated heterocycles. The van der Waals surface area contributed by atoms with Crippen LogP contribution in [-0.2, 0) is 19.4 Å². The van der Waals surface area contributed by atoms with Gasteiger partial charge < -0.3 is 9.72 Å². The molecule has 2 heterocycles. The van der Waals surface area contributed by atoms with E-state index in [1.165, 1.54) is 6.07 Å². The van der Waals surface area contributed by atoms with E-state index < -0.39 is 15.9 Å². The summed E-state index contributed by atoms with van der Waals surface area (Å²) in [6, 6.07) is 20.7. The molecule has 1 N–H and O–H groups in total. The predicted molar refractivity (Wildman–Crippen MR) is 127 cm³/mol. The van der Waals surface area contributed by atoms with Crippen LogP contribution in [0.3, 0.4) is 0 Å². The zero-order valence-electron chi connectivity index (χ0n) is 18.3. The molecule has 4 aromatic rings. The molecular weight excluding hydrogens is 436 g/mol. The van der Waals surface area contributed by atoms with Crippen molar-refractivity contribution in [2.45, 2.75) is 23.8 Å². The van der Waals surface area contributed by atoms with Crippen LogP contribution in [0.2, 0.25) is 0 Å². The molecule has 168 valence electrons. The quantitative estimate of drug-likeness (QED) is 0.367. The highest BCUT2D eigenvalue weighted by molar-refractivity contribution is 7.90. The number of aromatic nitrogens is 2. The monoisotopic (exact) mass is 460 g/mol. The van der Waals surface area contributed by atoms with Gasteiger partial charge in [0.1, 0.15) is 6.10 Å². The number of rotatable bonds is 8. The smallest absolute Gasteiger partial charge is 0.293 e. The van der Waals surface area contributed by atoms with Gasteiger partial charge in [-0.1, -0.05) is 43.3 Å². The molecule has 33 heavy (non-hydrogen) atoms. The maximum Gasteiger partial charge on any atom is 0.293 e. The van der Waals surface area contributed by atoms with Gasteiger partial charge in [0.15, 0.2) is 9.84 Å². The van der Waals surface area contributed by atoms with Crippen LogP contribution in [0, 0.1) is 0 Å². The Kier molecular flexibility index (Phi) is 6.42. The van der Waals surface area contributed by atoms with Crippen LogP contribution < -0.4 is 0 Å². The van der Waals surface area contributed by atoms with Crippen molar-refractivity contribution in [3.63, 3.8) is 0 Å². The van der Waals surface area contributed by atoms with Gasteiger partial charge in [-0.2, -0.15) is 0 Å². The number of ether oxygens (including phenoxy) is 1. The van der Waals surface area contributed by atoms with E-state index in [1.807, 2.05) is 43.5 Å². The van der Waals surface area contributed by atoms with Crippen molar-refractivity contribution in [1.29, 1.82) is 0 Å². The number of pyridine rings is 1. The lowest BCUT2D eigenvalue weighted by Gasteiger charge is -2.22. The molecule has 6 nitrogen and oxygen atoms in total. The van der Waals surface area contributed by atoms with Gasteiger partial charge in [0.25, 0.3) is 6.47 Å². The van der Waals surface area contributed by atoms with Crippen molar-refractivity contribution in [2.75, 3.05) is 6.26 Å². The normalized spacial score (nSPS) is 13.3. The first-order valence-electron chi connectivity index (χ1n) is 10.4. The Morgan fingerprint density at radius 1 is 0.909 bits per heavy atom. The third-order valence-electron chi connectivity index (χ3n) is 5.71. The number of H-pyrrole nitrogens is 1. The zero-order chi connectivity index (χ0) is 23.4. The van der Waals surface area contributed by atoms with Crippen LogP contribution in [0.1, 0.15) is 30.1 Å². The van der Waals surface area contributed by atoms with Crippen LogP contribution >= 0.6 is 0 Å². The highest BCUT2D eigenvalue weighted by atomic mass is 32.2. The topological polar surface area (TPSA) is 89.1 Å². The van der Waals surface area contributed by atoms with E-state index in [4.69, 9.17) is 4.74 Å². The van der Waals surface area contributed by atoms with Crippen molar-refractivity contribution in [3.8, 4) is 22.4 Å². The van der Waals surface area contributed by atoms with Gasteiger partial charge in [-0.15, -0.1) is 0 Å². The third-order valence-corrected chi connectivity index (χ3v) is 6.82. The maximum absolute atomic E-state index is 12.0. The van der Waals surface area contributed by atoms with E-state index in [-0.39, 0.29) is 10.8 Å². The van der Waals surface area contributed by atoms with E-state index in [1.54, 1.807) is 30.6 Å². The largest absolute Gasteiger partial charge is 0.459 e. The average Bonchev–Trinajstić information content (AvgIpc) is 3.33. The summed E-state index contributed by atoms with van der Waals surface area (Å²) in [5, 5.41) is 0. The molecule has 0 saturated carbocycles. The standard InChI is InChI=1S/C26H24N2O4S/c1-18(26(32-17-29)22-4-3-5-24(14-22)33(2,30)31)23-15-25(28-16-23)21-8-6-19(7-9-21)20-10-12-27-13-11-20/h3-18,26,28H,1-2H3. The number of nitrogens with zero attached hydrogens (tertiary/aromatic N) is 1. The summed E-state index contributed by atoms with van der Waals surface area (Å²) in [7, 11) is -3.37. The molecule has 0 fully saturated rings. The third kappa shape index (κ3) is 5.04. The second-order valence-electron chi connectivity index (χ2n) is 7.95. The van der Waals surface area contributed by atoms with Crippen LogP contribution in [0.25, 0.3) is 22.4 Å². The van der Waals surface area contributed by atoms with Crippen molar-refractivity contribution in [1.82, 2.24) is 9.97 Å². The molecule has 0 aliphatic rings. The summed E-state index contributed by atoms with van der Waals surface area (Å²) in [5.41, 5.74) is 5.74. The highest BCUT2D eigenvalue weighted by Crippen LogP contribution is 2.36. The van der Waals surface area contributed by atoms with Crippen molar-refractivity contribution in [3.05, 3.63) is 96.4 Å². The Hall–Kier alpha value is -3.71. The molecule has 7 heteroatoms. The molecule has 0 amide bonds. The van der Waals surface area contributed by atoms with E-state index in [9.17, 15) is 13.2 Å². The molecule has 0 aliphatic heterocycles. The number of carbonyl (C=O) groups excluding carboxylic acids is 1. The fourth-order valence-corrected chi connectivity index (χ4v) is 4.55. The summed E-state index contributed by atoms with van der Waals surface area (Å²) < 4.78 is 29.3. The molecule has 0 spiro atoms. The van der Waals surface area contributed by atoms with Crippen molar-refractivity contribution < 1.29 is 17.9 Å². The zero-order valence-corrected chi connectivity index (χ0v) is 19.1. The van der Waals surface area contributed by atoms with Gasteiger partial charge >= 0.3 is 0 Å². The Labute approximate surface area is 193 Å². The van der Waals surface area contributed by atoms with Gasteiger partial charge in [-0.05, 0) is 58.1 Å². The Morgan fingerprint density at radius 2 is 1.58 bits per heavy atom. The number of nitrogens with one attached hydrogen (secondary N) is 1. The van der Waals surface area contributed by atoms with Crippen LogP contribution in [0.4, 0.5) is 0 Å². The molecule has 4 rings (SSSR count). The Bertz CT molecular complexity index is 1350. The summed E-state index contributed by atoms with van der Waals surface area (Å²) >= 11 is 0. The molecule has 0 bridgehead atoms. The summed E-state index contributed by atoms with van der Waals surface area (Å²) in [6.45, 7) is 2.35. The van der Waals surface area contributed by atoms with E-state index >= 15 is 0 Å². The number of sulfone groups is 1. The van der Waals surface area contributed by atoms with E-state index in [0.717, 1.165) is 34.2 Å². The molecule has 0 radical (unpaired) electrons. The van der Waals surface area contributed by atoms with Gasteiger partial charge in [0.2, 0.25) is 0 Å². The van der Waals surface area contributed by atoms with E-state index in [2.05, 4.69) is 22.1 Å². The summed E-state index contributed by atoms with van der Waals surface area (Å²) in [5.74, 6) is -0.203. The number of carbonyl (C=O) groups is 1. The molecule has 2 aromatic heterocycles.